The minimum Gasteiger partial charge on any atom is -0.341 e. The molecule has 0 radical (unpaired) electrons. The van der Waals surface area contributed by atoms with Crippen LogP contribution >= 0.6 is 11.6 Å². The summed E-state index contributed by atoms with van der Waals surface area (Å²) in [6, 6.07) is 13.3. The maximum absolute atomic E-state index is 13.6. The van der Waals surface area contributed by atoms with E-state index in [1.807, 2.05) is 53.1 Å². The van der Waals surface area contributed by atoms with Crippen molar-refractivity contribution in [2.45, 2.75) is 39.2 Å². The Morgan fingerprint density at radius 1 is 1.10 bits per heavy atom. The van der Waals surface area contributed by atoms with E-state index < -0.39 is 6.04 Å². The minimum atomic E-state index is -0.419. The third kappa shape index (κ3) is 4.94. The van der Waals surface area contributed by atoms with E-state index in [1.165, 1.54) is 5.56 Å². The number of likely N-dealkylation sites (tertiary alicyclic amines) is 1. The Kier molecular flexibility index (Phi) is 6.63. The van der Waals surface area contributed by atoms with E-state index >= 15 is 0 Å². The first-order valence-electron chi connectivity index (χ1n) is 11.1. The van der Waals surface area contributed by atoms with Gasteiger partial charge in [-0.3, -0.25) is 14.5 Å². The van der Waals surface area contributed by atoms with Crippen LogP contribution in [0.1, 0.15) is 42.5 Å². The molecule has 4 rings (SSSR count). The second-order valence-corrected chi connectivity index (χ2v) is 9.27. The number of fused-ring (bicyclic) bond motifs is 1. The van der Waals surface area contributed by atoms with Crippen LogP contribution in [0.5, 0.6) is 0 Å². The molecule has 2 aliphatic rings. The second-order valence-electron chi connectivity index (χ2n) is 8.86. The smallest absolute Gasteiger partial charge is 0.244 e. The van der Waals surface area contributed by atoms with Gasteiger partial charge in [0.05, 0.1) is 17.3 Å². The highest BCUT2D eigenvalue weighted by atomic mass is 35.5. The molecule has 1 N–H and O–H groups in total. The molecule has 0 bridgehead atoms. The van der Waals surface area contributed by atoms with Crippen molar-refractivity contribution in [2.24, 2.45) is 5.92 Å². The number of amides is 2. The zero-order chi connectivity index (χ0) is 22.0. The maximum Gasteiger partial charge on any atom is 0.244 e. The SMILES string of the molecule is Cc1ccc(NC(=O)CN2CCc3ccccc3[C@@H]2C(=O)N2CCC(C)CC2)c(Cl)c1. The zero-order valence-electron chi connectivity index (χ0n) is 18.2. The number of hydrogen-bond donors (Lipinski definition) is 1. The van der Waals surface area contributed by atoms with Gasteiger partial charge in [-0.2, -0.15) is 0 Å². The van der Waals surface area contributed by atoms with E-state index in [2.05, 4.69) is 18.3 Å². The van der Waals surface area contributed by atoms with Crippen LogP contribution in [0.4, 0.5) is 5.69 Å². The Bertz CT molecular complexity index is 969. The standard InChI is InChI=1S/C25H30ClN3O2/c1-17-9-12-28(13-10-17)25(31)24-20-6-4-3-5-19(20)11-14-29(24)16-23(30)27-22-8-7-18(2)15-21(22)26/h3-8,15,17,24H,9-14,16H2,1-2H3,(H,27,30)/t24-/m1/s1. The van der Waals surface area contributed by atoms with Crippen LogP contribution in [0, 0.1) is 12.8 Å². The molecule has 6 heteroatoms. The van der Waals surface area contributed by atoms with Gasteiger partial charge in [0.1, 0.15) is 6.04 Å². The van der Waals surface area contributed by atoms with Gasteiger partial charge in [0.2, 0.25) is 11.8 Å². The number of hydrogen-bond acceptors (Lipinski definition) is 3. The molecule has 2 heterocycles. The molecular formula is C25H30ClN3O2. The summed E-state index contributed by atoms with van der Waals surface area (Å²) in [5, 5.41) is 3.44. The molecule has 2 aromatic rings. The van der Waals surface area contributed by atoms with E-state index in [-0.39, 0.29) is 18.4 Å². The van der Waals surface area contributed by atoms with Crippen LogP contribution in [0.2, 0.25) is 5.02 Å². The first-order valence-corrected chi connectivity index (χ1v) is 11.5. The molecule has 0 aliphatic carbocycles. The molecule has 1 fully saturated rings. The Morgan fingerprint density at radius 2 is 1.84 bits per heavy atom. The lowest BCUT2D eigenvalue weighted by Crippen LogP contribution is -2.50. The van der Waals surface area contributed by atoms with Crippen molar-refractivity contribution in [3.8, 4) is 0 Å². The number of aryl methyl sites for hydroxylation is 1. The summed E-state index contributed by atoms with van der Waals surface area (Å²) in [5.41, 5.74) is 3.86. The van der Waals surface area contributed by atoms with Gasteiger partial charge < -0.3 is 10.2 Å². The second kappa shape index (κ2) is 9.41. The fourth-order valence-electron chi connectivity index (χ4n) is 4.58. The van der Waals surface area contributed by atoms with Gasteiger partial charge in [-0.05, 0) is 60.9 Å². The summed E-state index contributed by atoms with van der Waals surface area (Å²) in [6.07, 6.45) is 2.90. The fourth-order valence-corrected chi connectivity index (χ4v) is 4.86. The van der Waals surface area contributed by atoms with E-state index in [9.17, 15) is 9.59 Å². The Hall–Kier alpha value is -2.37. The van der Waals surface area contributed by atoms with Crippen LogP contribution in [-0.4, -0.2) is 47.8 Å². The summed E-state index contributed by atoms with van der Waals surface area (Å²) in [4.78, 5) is 30.5. The third-order valence-corrected chi connectivity index (χ3v) is 6.77. The van der Waals surface area contributed by atoms with Gasteiger partial charge in [0, 0.05) is 19.6 Å². The van der Waals surface area contributed by atoms with Crippen molar-refractivity contribution in [1.29, 1.82) is 0 Å². The fraction of sp³-hybridized carbons (Fsp3) is 0.440. The Balaban J connectivity index is 1.53. The first-order chi connectivity index (χ1) is 14.9. The van der Waals surface area contributed by atoms with Crippen LogP contribution in [0.25, 0.3) is 0 Å². The maximum atomic E-state index is 13.6. The van der Waals surface area contributed by atoms with Crippen molar-refractivity contribution in [3.05, 3.63) is 64.2 Å². The Labute approximate surface area is 189 Å². The average Bonchev–Trinajstić information content (AvgIpc) is 2.75. The van der Waals surface area contributed by atoms with Crippen molar-refractivity contribution in [2.75, 3.05) is 31.5 Å². The van der Waals surface area contributed by atoms with Gasteiger partial charge in [0.25, 0.3) is 0 Å². The van der Waals surface area contributed by atoms with E-state index in [4.69, 9.17) is 11.6 Å². The summed E-state index contributed by atoms with van der Waals surface area (Å²) < 4.78 is 0. The highest BCUT2D eigenvalue weighted by Crippen LogP contribution is 2.32. The van der Waals surface area contributed by atoms with Crippen molar-refractivity contribution < 1.29 is 9.59 Å². The number of rotatable bonds is 4. The van der Waals surface area contributed by atoms with Crippen molar-refractivity contribution in [1.82, 2.24) is 9.80 Å². The molecule has 0 unspecified atom stereocenters. The first kappa shape index (κ1) is 21.8. The largest absolute Gasteiger partial charge is 0.341 e. The van der Waals surface area contributed by atoms with E-state index in [0.717, 1.165) is 43.5 Å². The number of nitrogens with zero attached hydrogens (tertiary/aromatic N) is 2. The lowest BCUT2D eigenvalue weighted by molar-refractivity contribution is -0.139. The molecule has 2 amide bonds. The number of piperidine rings is 1. The van der Waals surface area contributed by atoms with Gasteiger partial charge in [-0.1, -0.05) is 48.9 Å². The Morgan fingerprint density at radius 3 is 2.58 bits per heavy atom. The summed E-state index contributed by atoms with van der Waals surface area (Å²) in [7, 11) is 0. The van der Waals surface area contributed by atoms with Crippen LogP contribution < -0.4 is 5.32 Å². The van der Waals surface area contributed by atoms with Gasteiger partial charge >= 0.3 is 0 Å². The molecule has 164 valence electrons. The van der Waals surface area contributed by atoms with Crippen LogP contribution in [0.15, 0.2) is 42.5 Å². The molecule has 2 aliphatic heterocycles. The molecule has 2 aromatic carbocycles. The number of benzene rings is 2. The molecular weight excluding hydrogens is 410 g/mol. The average molecular weight is 440 g/mol. The van der Waals surface area contributed by atoms with E-state index in [1.54, 1.807) is 0 Å². The number of carbonyl (C=O) groups is 2. The number of halogens is 1. The summed E-state index contributed by atoms with van der Waals surface area (Å²) in [6.45, 7) is 6.60. The normalized spacial score (nSPS) is 19.7. The van der Waals surface area contributed by atoms with Gasteiger partial charge in [-0.15, -0.1) is 0 Å². The molecule has 31 heavy (non-hydrogen) atoms. The predicted octanol–water partition coefficient (Wildman–Crippen LogP) is 4.44. The van der Waals surface area contributed by atoms with Gasteiger partial charge in [0.15, 0.2) is 0 Å². The monoisotopic (exact) mass is 439 g/mol. The summed E-state index contributed by atoms with van der Waals surface area (Å²) in [5.74, 6) is 0.610. The van der Waals surface area contributed by atoms with Crippen LogP contribution in [-0.2, 0) is 16.0 Å². The molecule has 1 atom stereocenters. The number of carbonyl (C=O) groups excluding carboxylic acids is 2. The third-order valence-electron chi connectivity index (χ3n) is 6.46. The highest BCUT2D eigenvalue weighted by Gasteiger charge is 2.37. The summed E-state index contributed by atoms with van der Waals surface area (Å²) >= 11 is 6.29. The predicted molar refractivity (Wildman–Crippen MR) is 124 cm³/mol. The zero-order valence-corrected chi connectivity index (χ0v) is 19.0. The molecule has 0 spiro atoms. The lowest BCUT2D eigenvalue weighted by atomic mass is 9.90. The van der Waals surface area contributed by atoms with Gasteiger partial charge in [-0.25, -0.2) is 0 Å². The number of anilines is 1. The quantitative estimate of drug-likeness (QED) is 0.765. The highest BCUT2D eigenvalue weighted by molar-refractivity contribution is 6.33. The minimum absolute atomic E-state index is 0.111. The topological polar surface area (TPSA) is 52.7 Å². The lowest BCUT2D eigenvalue weighted by Gasteiger charge is -2.40. The number of nitrogens with one attached hydrogen (secondary N) is 1. The molecule has 1 saturated heterocycles. The van der Waals surface area contributed by atoms with E-state index in [0.29, 0.717) is 23.2 Å². The molecule has 5 nitrogen and oxygen atoms in total. The van der Waals surface area contributed by atoms with Crippen LogP contribution in [0.3, 0.4) is 0 Å². The van der Waals surface area contributed by atoms with Crippen molar-refractivity contribution in [3.63, 3.8) is 0 Å². The van der Waals surface area contributed by atoms with Crippen molar-refractivity contribution >= 4 is 29.1 Å². The molecule has 0 aromatic heterocycles. The molecule has 0 saturated carbocycles.